The van der Waals surface area contributed by atoms with Crippen molar-refractivity contribution < 1.29 is 0 Å². The van der Waals surface area contributed by atoms with Gasteiger partial charge in [0.25, 0.3) is 0 Å². The number of thioether (sulfide) groups is 1. The minimum atomic E-state index is 0.473. The lowest BCUT2D eigenvalue weighted by atomic mass is 10.2. The standard InChI is InChI=1S/C14H26N2S/c1-4-8-15-13(3)14-7-10-16(12-14)9-6-11-17-5-2/h7,10,12-13,15H,4-6,8-9,11H2,1-3H3. The third kappa shape index (κ3) is 5.64. The molecule has 0 aromatic carbocycles. The Balaban J connectivity index is 2.31. The van der Waals surface area contributed by atoms with Crippen LogP contribution in [0.4, 0.5) is 0 Å². The Kier molecular flexibility index (Phi) is 7.45. The summed E-state index contributed by atoms with van der Waals surface area (Å²) in [5.41, 5.74) is 1.40. The van der Waals surface area contributed by atoms with Gasteiger partial charge in [0.05, 0.1) is 0 Å². The second kappa shape index (κ2) is 8.65. The molecule has 0 aliphatic carbocycles. The Bertz CT molecular complexity index is 296. The highest BCUT2D eigenvalue weighted by Crippen LogP contribution is 2.13. The molecule has 1 heterocycles. The summed E-state index contributed by atoms with van der Waals surface area (Å²) in [4.78, 5) is 0. The molecule has 1 atom stereocenters. The first kappa shape index (κ1) is 14.7. The van der Waals surface area contributed by atoms with Crippen LogP contribution in [0.15, 0.2) is 18.5 Å². The molecule has 1 aromatic rings. The van der Waals surface area contributed by atoms with Gasteiger partial charge in [-0.15, -0.1) is 0 Å². The Hall–Kier alpha value is -0.410. The largest absolute Gasteiger partial charge is 0.354 e. The van der Waals surface area contributed by atoms with E-state index in [-0.39, 0.29) is 0 Å². The van der Waals surface area contributed by atoms with Gasteiger partial charge in [0, 0.05) is 25.0 Å². The lowest BCUT2D eigenvalue weighted by Crippen LogP contribution is -2.18. The molecule has 17 heavy (non-hydrogen) atoms. The normalized spacial score (nSPS) is 12.9. The van der Waals surface area contributed by atoms with Gasteiger partial charge in [-0.1, -0.05) is 13.8 Å². The van der Waals surface area contributed by atoms with Crippen LogP contribution in [-0.2, 0) is 6.54 Å². The Morgan fingerprint density at radius 3 is 2.94 bits per heavy atom. The second-order valence-electron chi connectivity index (χ2n) is 4.41. The van der Waals surface area contributed by atoms with E-state index in [0.717, 1.165) is 13.1 Å². The average molecular weight is 254 g/mol. The van der Waals surface area contributed by atoms with Crippen LogP contribution >= 0.6 is 11.8 Å². The van der Waals surface area contributed by atoms with Crippen LogP contribution in [0.25, 0.3) is 0 Å². The van der Waals surface area contributed by atoms with Gasteiger partial charge < -0.3 is 9.88 Å². The van der Waals surface area contributed by atoms with Crippen molar-refractivity contribution in [2.45, 2.75) is 46.2 Å². The van der Waals surface area contributed by atoms with Gasteiger partial charge in [-0.2, -0.15) is 11.8 Å². The monoisotopic (exact) mass is 254 g/mol. The van der Waals surface area contributed by atoms with E-state index < -0.39 is 0 Å². The molecule has 0 amide bonds. The first-order valence-corrected chi connectivity index (χ1v) is 7.90. The number of hydrogen-bond acceptors (Lipinski definition) is 2. The van der Waals surface area contributed by atoms with Gasteiger partial charge in [0.2, 0.25) is 0 Å². The predicted molar refractivity (Wildman–Crippen MR) is 78.8 cm³/mol. The fourth-order valence-corrected chi connectivity index (χ4v) is 2.45. The van der Waals surface area contributed by atoms with Gasteiger partial charge in [0.15, 0.2) is 0 Å². The number of nitrogens with zero attached hydrogens (tertiary/aromatic N) is 1. The molecule has 0 radical (unpaired) electrons. The van der Waals surface area contributed by atoms with Crippen molar-refractivity contribution in [1.29, 1.82) is 0 Å². The van der Waals surface area contributed by atoms with Crippen LogP contribution in [0.3, 0.4) is 0 Å². The minimum Gasteiger partial charge on any atom is -0.354 e. The summed E-state index contributed by atoms with van der Waals surface area (Å²) in [5, 5.41) is 3.52. The molecule has 0 saturated carbocycles. The Morgan fingerprint density at radius 1 is 1.41 bits per heavy atom. The van der Waals surface area contributed by atoms with Crippen molar-refractivity contribution in [2.24, 2.45) is 0 Å². The van der Waals surface area contributed by atoms with E-state index in [4.69, 9.17) is 0 Å². The molecule has 2 nitrogen and oxygen atoms in total. The van der Waals surface area contributed by atoms with Crippen molar-refractivity contribution in [3.63, 3.8) is 0 Å². The molecule has 0 fully saturated rings. The fraction of sp³-hybridized carbons (Fsp3) is 0.714. The summed E-state index contributed by atoms with van der Waals surface area (Å²) in [5.74, 6) is 2.50. The van der Waals surface area contributed by atoms with Gasteiger partial charge >= 0.3 is 0 Å². The van der Waals surface area contributed by atoms with Crippen LogP contribution in [-0.4, -0.2) is 22.6 Å². The van der Waals surface area contributed by atoms with Crippen molar-refractivity contribution in [3.8, 4) is 0 Å². The van der Waals surface area contributed by atoms with Gasteiger partial charge in [-0.25, -0.2) is 0 Å². The predicted octanol–water partition coefficient (Wildman–Crippen LogP) is 3.69. The van der Waals surface area contributed by atoms with Gasteiger partial charge in [-0.3, -0.25) is 0 Å². The van der Waals surface area contributed by atoms with Gasteiger partial charge in [0.1, 0.15) is 0 Å². The van der Waals surface area contributed by atoms with Crippen LogP contribution in [0, 0.1) is 0 Å². The maximum atomic E-state index is 3.52. The van der Waals surface area contributed by atoms with Crippen molar-refractivity contribution in [1.82, 2.24) is 9.88 Å². The van der Waals surface area contributed by atoms with Crippen LogP contribution in [0.5, 0.6) is 0 Å². The van der Waals surface area contributed by atoms with Gasteiger partial charge in [-0.05, 0) is 49.4 Å². The number of aryl methyl sites for hydroxylation is 1. The first-order valence-electron chi connectivity index (χ1n) is 6.74. The van der Waals surface area contributed by atoms with Crippen molar-refractivity contribution >= 4 is 11.8 Å². The summed E-state index contributed by atoms with van der Waals surface area (Å²) in [7, 11) is 0. The second-order valence-corrected chi connectivity index (χ2v) is 5.80. The highest BCUT2D eigenvalue weighted by molar-refractivity contribution is 7.99. The van der Waals surface area contributed by atoms with E-state index in [1.165, 1.54) is 29.9 Å². The highest BCUT2D eigenvalue weighted by Gasteiger charge is 2.05. The molecule has 3 heteroatoms. The van der Waals surface area contributed by atoms with Crippen LogP contribution in [0.2, 0.25) is 0 Å². The molecule has 0 saturated heterocycles. The zero-order valence-electron chi connectivity index (χ0n) is 11.4. The molecule has 1 rings (SSSR count). The zero-order chi connectivity index (χ0) is 12.5. The maximum Gasteiger partial charge on any atom is 0.0306 e. The first-order chi connectivity index (χ1) is 8.27. The smallest absolute Gasteiger partial charge is 0.0306 e. The molecule has 0 aliphatic rings. The SMILES string of the molecule is CCCNC(C)c1ccn(CCCSCC)c1. The van der Waals surface area contributed by atoms with Crippen molar-refractivity contribution in [3.05, 3.63) is 24.0 Å². The number of aromatic nitrogens is 1. The highest BCUT2D eigenvalue weighted by atomic mass is 32.2. The molecule has 0 aliphatic heterocycles. The Labute approximate surface area is 110 Å². The minimum absolute atomic E-state index is 0.473. The number of nitrogens with one attached hydrogen (secondary N) is 1. The molecule has 1 N–H and O–H groups in total. The van der Waals surface area contributed by atoms with E-state index in [1.54, 1.807) is 0 Å². The lowest BCUT2D eigenvalue weighted by molar-refractivity contribution is 0.568. The number of rotatable bonds is 9. The quantitative estimate of drug-likeness (QED) is 0.677. The van der Waals surface area contributed by atoms with Crippen LogP contribution < -0.4 is 5.32 Å². The Morgan fingerprint density at radius 2 is 2.24 bits per heavy atom. The molecule has 1 aromatic heterocycles. The molecule has 98 valence electrons. The van der Waals surface area contributed by atoms with E-state index in [2.05, 4.69) is 49.1 Å². The average Bonchev–Trinajstić information content (AvgIpc) is 2.80. The lowest BCUT2D eigenvalue weighted by Gasteiger charge is -2.11. The molecular weight excluding hydrogens is 228 g/mol. The van der Waals surface area contributed by atoms with E-state index >= 15 is 0 Å². The third-order valence-corrected chi connectivity index (χ3v) is 3.87. The summed E-state index contributed by atoms with van der Waals surface area (Å²) in [6.45, 7) is 8.91. The summed E-state index contributed by atoms with van der Waals surface area (Å²) in [6, 6.07) is 2.71. The molecule has 0 bridgehead atoms. The van der Waals surface area contributed by atoms with E-state index in [0.29, 0.717) is 6.04 Å². The molecule has 0 spiro atoms. The van der Waals surface area contributed by atoms with Crippen LogP contribution in [0.1, 0.15) is 45.2 Å². The van der Waals surface area contributed by atoms with Crippen molar-refractivity contribution in [2.75, 3.05) is 18.1 Å². The third-order valence-electron chi connectivity index (χ3n) is 2.88. The summed E-state index contributed by atoms with van der Waals surface area (Å²) < 4.78 is 2.32. The fourth-order valence-electron chi connectivity index (χ4n) is 1.83. The maximum absolute atomic E-state index is 3.52. The number of hydrogen-bond donors (Lipinski definition) is 1. The summed E-state index contributed by atoms with van der Waals surface area (Å²) >= 11 is 2.03. The molecular formula is C14H26N2S. The zero-order valence-corrected chi connectivity index (χ0v) is 12.2. The van der Waals surface area contributed by atoms with E-state index in [1.807, 2.05) is 11.8 Å². The summed E-state index contributed by atoms with van der Waals surface area (Å²) in [6.07, 6.45) is 6.95. The molecule has 1 unspecified atom stereocenters. The van der Waals surface area contributed by atoms with E-state index in [9.17, 15) is 0 Å². The topological polar surface area (TPSA) is 17.0 Å².